The van der Waals surface area contributed by atoms with Gasteiger partial charge in [-0.15, -0.1) is 0 Å². The summed E-state index contributed by atoms with van der Waals surface area (Å²) in [6.07, 6.45) is 7.09. The van der Waals surface area contributed by atoms with Crippen molar-refractivity contribution in [3.05, 3.63) is 101 Å². The van der Waals surface area contributed by atoms with Crippen molar-refractivity contribution in [2.24, 2.45) is 0 Å². The summed E-state index contributed by atoms with van der Waals surface area (Å²) in [5, 5.41) is 0.759. The molecule has 0 N–H and O–H groups in total. The van der Waals surface area contributed by atoms with E-state index in [0.29, 0.717) is 6.04 Å². The maximum atomic E-state index is 6.93. The van der Waals surface area contributed by atoms with E-state index in [-0.39, 0.29) is 17.7 Å². The molecule has 4 atom stereocenters. The van der Waals surface area contributed by atoms with Crippen LogP contribution in [0.3, 0.4) is 0 Å². The molecule has 2 saturated heterocycles. The summed E-state index contributed by atoms with van der Waals surface area (Å²) in [5.74, 6) is 0. The number of aryl methyl sites for hydroxylation is 1. The number of nitrogens with zero attached hydrogens (tertiary/aromatic N) is 1. The molecule has 2 heterocycles. The highest BCUT2D eigenvalue weighted by atomic mass is 35.5. The Balaban J connectivity index is 1.39. The van der Waals surface area contributed by atoms with E-state index in [4.69, 9.17) is 16.3 Å². The average Bonchev–Trinajstić information content (AvgIpc) is 3.04. The van der Waals surface area contributed by atoms with Crippen LogP contribution in [0.25, 0.3) is 0 Å². The van der Waals surface area contributed by atoms with Crippen LogP contribution in [-0.4, -0.2) is 17.7 Å². The Morgan fingerprint density at radius 1 is 1.00 bits per heavy atom. The lowest BCUT2D eigenvalue weighted by molar-refractivity contribution is -0.0222. The van der Waals surface area contributed by atoms with Gasteiger partial charge in [-0.3, -0.25) is 0 Å². The van der Waals surface area contributed by atoms with Crippen LogP contribution in [0, 0.1) is 0 Å². The maximum absolute atomic E-state index is 6.93. The van der Waals surface area contributed by atoms with E-state index in [9.17, 15) is 0 Å². The lowest BCUT2D eigenvalue weighted by Gasteiger charge is -2.48. The molecule has 172 valence electrons. The van der Waals surface area contributed by atoms with Crippen LogP contribution in [0.2, 0.25) is 5.02 Å². The van der Waals surface area contributed by atoms with E-state index >= 15 is 0 Å². The molecule has 3 heteroatoms. The first-order chi connectivity index (χ1) is 16.1. The van der Waals surface area contributed by atoms with Gasteiger partial charge in [0.1, 0.15) is 6.10 Å². The number of ether oxygens (including phenoxy) is 1. The highest BCUT2D eigenvalue weighted by molar-refractivity contribution is 6.30. The topological polar surface area (TPSA) is 12.5 Å². The van der Waals surface area contributed by atoms with Crippen LogP contribution < -0.4 is 4.90 Å². The van der Waals surface area contributed by atoms with Gasteiger partial charge in [-0.2, -0.15) is 0 Å². The molecule has 33 heavy (non-hydrogen) atoms. The van der Waals surface area contributed by atoms with Crippen LogP contribution in [0.15, 0.2) is 78.9 Å². The van der Waals surface area contributed by atoms with Crippen LogP contribution in [0.1, 0.15) is 68.7 Å². The second kappa shape index (κ2) is 9.52. The summed E-state index contributed by atoms with van der Waals surface area (Å²) < 4.78 is 6.93. The lowest BCUT2D eigenvalue weighted by Crippen LogP contribution is -2.53. The second-order valence-corrected chi connectivity index (χ2v) is 10.5. The molecule has 0 aliphatic carbocycles. The fourth-order valence-electron chi connectivity index (χ4n) is 6.05. The normalized spacial score (nSPS) is 25.2. The molecule has 1 unspecified atom stereocenters. The Hall–Kier alpha value is -2.29. The zero-order valence-corrected chi connectivity index (χ0v) is 20.5. The number of anilines is 1. The monoisotopic (exact) mass is 459 g/mol. The first kappa shape index (κ1) is 22.5. The van der Waals surface area contributed by atoms with Gasteiger partial charge in [0.05, 0.1) is 6.10 Å². The molecule has 0 amide bonds. The van der Waals surface area contributed by atoms with Crippen molar-refractivity contribution in [1.82, 2.24) is 0 Å². The minimum Gasteiger partial charge on any atom is -0.365 e. The van der Waals surface area contributed by atoms with Crippen molar-refractivity contribution in [2.75, 3.05) is 4.90 Å². The predicted molar refractivity (Wildman–Crippen MR) is 138 cm³/mol. The van der Waals surface area contributed by atoms with Crippen molar-refractivity contribution in [1.29, 1.82) is 0 Å². The summed E-state index contributed by atoms with van der Waals surface area (Å²) in [6, 6.07) is 28.5. The first-order valence-electron chi connectivity index (χ1n) is 12.4. The van der Waals surface area contributed by atoms with E-state index in [1.807, 2.05) is 12.1 Å². The molecule has 0 radical (unpaired) electrons. The Bertz CT molecular complexity index is 1070. The van der Waals surface area contributed by atoms with Gasteiger partial charge in [0, 0.05) is 22.3 Å². The van der Waals surface area contributed by atoms with Gasteiger partial charge in [0.2, 0.25) is 0 Å². The standard InChI is InChI=1S/C30H34ClNO/c1-3-8-22-9-7-12-26(19-22)32-27-17-18-30(32,2)21-28(20-27)33-29(23-10-5-4-6-11-23)24-13-15-25(31)16-14-24/h4-7,9-16,19,27-29H,3,8,17-18,20-21H2,1-2H3/t27-,28-,29?,30+/m0/s1. The molecule has 0 aromatic heterocycles. The molecular weight excluding hydrogens is 426 g/mol. The maximum Gasteiger partial charge on any atom is 0.108 e. The molecule has 2 aliphatic heterocycles. The number of fused-ring (bicyclic) bond motifs is 2. The fraction of sp³-hybridized carbons (Fsp3) is 0.400. The fourth-order valence-corrected chi connectivity index (χ4v) is 6.18. The third kappa shape index (κ3) is 4.69. The zero-order valence-electron chi connectivity index (χ0n) is 19.7. The highest BCUT2D eigenvalue weighted by Gasteiger charge is 2.49. The third-order valence-electron chi connectivity index (χ3n) is 7.50. The van der Waals surface area contributed by atoms with Crippen LogP contribution in [0.4, 0.5) is 5.69 Å². The first-order valence-corrected chi connectivity index (χ1v) is 12.8. The minimum atomic E-state index is -0.0732. The van der Waals surface area contributed by atoms with Crippen LogP contribution in [0.5, 0.6) is 0 Å². The molecule has 3 aromatic rings. The molecule has 2 bridgehead atoms. The molecular formula is C30H34ClNO. The van der Waals surface area contributed by atoms with E-state index in [0.717, 1.165) is 29.8 Å². The van der Waals surface area contributed by atoms with E-state index in [2.05, 4.69) is 85.5 Å². The number of rotatable bonds is 7. The van der Waals surface area contributed by atoms with Crippen molar-refractivity contribution < 1.29 is 4.74 Å². The molecule has 3 aromatic carbocycles. The number of halogens is 1. The summed E-state index contributed by atoms with van der Waals surface area (Å²) in [6.45, 7) is 4.69. The molecule has 5 rings (SSSR count). The van der Waals surface area contributed by atoms with Gasteiger partial charge < -0.3 is 9.64 Å². The van der Waals surface area contributed by atoms with Gasteiger partial charge in [0.25, 0.3) is 0 Å². The number of piperidine rings is 1. The molecule has 0 saturated carbocycles. The van der Waals surface area contributed by atoms with Crippen LogP contribution >= 0.6 is 11.6 Å². The number of benzene rings is 3. The summed E-state index contributed by atoms with van der Waals surface area (Å²) >= 11 is 6.18. The summed E-state index contributed by atoms with van der Waals surface area (Å²) in [7, 11) is 0. The van der Waals surface area contributed by atoms with Gasteiger partial charge in [-0.25, -0.2) is 0 Å². The smallest absolute Gasteiger partial charge is 0.108 e. The van der Waals surface area contributed by atoms with Gasteiger partial charge in [0.15, 0.2) is 0 Å². The number of hydrogen-bond donors (Lipinski definition) is 0. The van der Waals surface area contributed by atoms with Gasteiger partial charge in [-0.1, -0.05) is 79.5 Å². The summed E-state index contributed by atoms with van der Waals surface area (Å²) in [4.78, 5) is 2.71. The van der Waals surface area contributed by atoms with Gasteiger partial charge in [-0.05, 0) is 80.0 Å². The second-order valence-electron chi connectivity index (χ2n) is 10.0. The van der Waals surface area contributed by atoms with Gasteiger partial charge >= 0.3 is 0 Å². The summed E-state index contributed by atoms with van der Waals surface area (Å²) in [5.41, 5.74) is 5.34. The van der Waals surface area contributed by atoms with Crippen molar-refractivity contribution in [3.63, 3.8) is 0 Å². The minimum absolute atomic E-state index is 0.0732. The zero-order chi connectivity index (χ0) is 22.8. The quantitative estimate of drug-likeness (QED) is 0.355. The molecule has 2 nitrogen and oxygen atoms in total. The highest BCUT2D eigenvalue weighted by Crippen LogP contribution is 2.48. The van der Waals surface area contributed by atoms with E-state index in [1.165, 1.54) is 36.1 Å². The third-order valence-corrected chi connectivity index (χ3v) is 7.75. The lowest BCUT2D eigenvalue weighted by atomic mass is 9.87. The Kier molecular flexibility index (Phi) is 6.49. The molecule has 0 spiro atoms. The Morgan fingerprint density at radius 3 is 2.48 bits per heavy atom. The Morgan fingerprint density at radius 2 is 1.76 bits per heavy atom. The number of hydrogen-bond acceptors (Lipinski definition) is 2. The van der Waals surface area contributed by atoms with E-state index in [1.54, 1.807) is 0 Å². The van der Waals surface area contributed by atoms with E-state index < -0.39 is 0 Å². The average molecular weight is 460 g/mol. The SMILES string of the molecule is CCCc1cccc(N2[C@H]3CC[C@]2(C)C[C@@H](OC(c2ccccc2)c2ccc(Cl)cc2)C3)c1. The molecule has 2 aliphatic rings. The van der Waals surface area contributed by atoms with Crippen molar-refractivity contribution in [3.8, 4) is 0 Å². The van der Waals surface area contributed by atoms with Crippen molar-refractivity contribution in [2.45, 2.75) is 76.2 Å². The Labute approximate surface area is 203 Å². The predicted octanol–water partition coefficient (Wildman–Crippen LogP) is 7.99. The molecule has 2 fully saturated rings. The van der Waals surface area contributed by atoms with Crippen molar-refractivity contribution >= 4 is 17.3 Å². The largest absolute Gasteiger partial charge is 0.365 e. The van der Waals surface area contributed by atoms with Crippen LogP contribution in [-0.2, 0) is 11.2 Å².